The van der Waals surface area contributed by atoms with Gasteiger partial charge in [0.25, 0.3) is 5.56 Å². The smallest absolute Gasteiger partial charge is 0.260 e. The molecule has 26 heavy (non-hydrogen) atoms. The molecule has 1 saturated heterocycles. The van der Waals surface area contributed by atoms with E-state index >= 15 is 0 Å². The Morgan fingerprint density at radius 1 is 1.04 bits per heavy atom. The summed E-state index contributed by atoms with van der Waals surface area (Å²) in [5.74, 6) is 1.57. The van der Waals surface area contributed by atoms with E-state index in [0.29, 0.717) is 11.3 Å². The van der Waals surface area contributed by atoms with Gasteiger partial charge in [0.2, 0.25) is 5.95 Å². The van der Waals surface area contributed by atoms with Crippen LogP contribution in [0.15, 0.2) is 57.7 Å². The highest BCUT2D eigenvalue weighted by Crippen LogP contribution is 2.30. The Kier molecular flexibility index (Phi) is 3.48. The number of anilines is 1. The van der Waals surface area contributed by atoms with Gasteiger partial charge in [0.05, 0.1) is 16.8 Å². The summed E-state index contributed by atoms with van der Waals surface area (Å²) in [6.07, 6.45) is 2.01. The predicted octanol–water partition coefficient (Wildman–Crippen LogP) is 3.45. The molecule has 0 saturated carbocycles. The second-order valence-electron chi connectivity index (χ2n) is 6.71. The summed E-state index contributed by atoms with van der Waals surface area (Å²) < 4.78 is 5.96. The first-order valence-corrected chi connectivity index (χ1v) is 8.87. The minimum atomic E-state index is -0.102. The van der Waals surface area contributed by atoms with Crippen LogP contribution in [0.3, 0.4) is 0 Å². The van der Waals surface area contributed by atoms with E-state index in [2.05, 4.69) is 19.9 Å². The van der Waals surface area contributed by atoms with E-state index < -0.39 is 0 Å². The van der Waals surface area contributed by atoms with Crippen LogP contribution in [0.5, 0.6) is 0 Å². The van der Waals surface area contributed by atoms with Crippen LogP contribution >= 0.6 is 0 Å². The summed E-state index contributed by atoms with van der Waals surface area (Å²) in [5, 5.41) is 0.615. The predicted molar refractivity (Wildman–Crippen MR) is 101 cm³/mol. The Morgan fingerprint density at radius 3 is 2.73 bits per heavy atom. The van der Waals surface area contributed by atoms with Crippen molar-refractivity contribution in [3.8, 4) is 0 Å². The number of aromatic amines is 1. The Bertz CT molecular complexity index is 1110. The van der Waals surface area contributed by atoms with Crippen molar-refractivity contribution < 1.29 is 4.42 Å². The summed E-state index contributed by atoms with van der Waals surface area (Å²) in [4.78, 5) is 26.7. The van der Waals surface area contributed by atoms with Crippen molar-refractivity contribution in [2.75, 3.05) is 18.0 Å². The number of hydrogen-bond acceptors (Lipinski definition) is 5. The summed E-state index contributed by atoms with van der Waals surface area (Å²) in [6, 6.07) is 15.2. The molecule has 1 N–H and O–H groups in total. The molecule has 130 valence electrons. The molecular weight excluding hydrogens is 328 g/mol. The van der Waals surface area contributed by atoms with E-state index in [1.807, 2.05) is 42.5 Å². The molecule has 0 aliphatic carbocycles. The molecule has 0 spiro atoms. The molecule has 0 amide bonds. The fraction of sp³-hybridized carbons (Fsp3) is 0.250. The molecule has 0 radical (unpaired) electrons. The fourth-order valence-corrected chi connectivity index (χ4v) is 3.66. The molecule has 2 aromatic heterocycles. The second-order valence-corrected chi connectivity index (χ2v) is 6.71. The molecule has 1 fully saturated rings. The number of nitrogens with zero attached hydrogens (tertiary/aromatic N) is 3. The van der Waals surface area contributed by atoms with Crippen molar-refractivity contribution in [3.63, 3.8) is 0 Å². The molecular formula is C20H18N4O2. The highest BCUT2D eigenvalue weighted by Gasteiger charge is 2.27. The van der Waals surface area contributed by atoms with Crippen LogP contribution in [0.4, 0.5) is 5.95 Å². The topological polar surface area (TPSA) is 75.0 Å². The van der Waals surface area contributed by atoms with Crippen LogP contribution in [-0.2, 0) is 0 Å². The number of benzene rings is 2. The normalized spacial score (nSPS) is 17.8. The average molecular weight is 346 g/mol. The van der Waals surface area contributed by atoms with E-state index in [1.54, 1.807) is 6.07 Å². The molecule has 0 bridgehead atoms. The number of piperidine rings is 1. The van der Waals surface area contributed by atoms with Gasteiger partial charge in [-0.15, -0.1) is 0 Å². The minimum Gasteiger partial charge on any atom is -0.440 e. The van der Waals surface area contributed by atoms with Crippen LogP contribution in [0.25, 0.3) is 22.0 Å². The molecule has 5 rings (SSSR count). The van der Waals surface area contributed by atoms with Crippen molar-refractivity contribution in [1.82, 2.24) is 15.0 Å². The lowest BCUT2D eigenvalue weighted by molar-refractivity contribution is 0.411. The van der Waals surface area contributed by atoms with Gasteiger partial charge in [0.15, 0.2) is 11.5 Å². The van der Waals surface area contributed by atoms with Crippen LogP contribution in [-0.4, -0.2) is 28.0 Å². The van der Waals surface area contributed by atoms with Gasteiger partial charge in [0, 0.05) is 13.1 Å². The molecule has 1 aliphatic rings. The van der Waals surface area contributed by atoms with Crippen LogP contribution in [0.1, 0.15) is 24.7 Å². The maximum absolute atomic E-state index is 12.4. The molecule has 1 aliphatic heterocycles. The largest absolute Gasteiger partial charge is 0.440 e. The third kappa shape index (κ3) is 2.54. The van der Waals surface area contributed by atoms with E-state index in [4.69, 9.17) is 4.42 Å². The first-order valence-electron chi connectivity index (χ1n) is 8.87. The molecule has 6 heteroatoms. The van der Waals surface area contributed by atoms with Gasteiger partial charge in [-0.2, -0.15) is 0 Å². The molecule has 2 aromatic carbocycles. The highest BCUT2D eigenvalue weighted by atomic mass is 16.3. The molecule has 3 heterocycles. The number of H-pyrrole nitrogens is 1. The summed E-state index contributed by atoms with van der Waals surface area (Å²) in [6.45, 7) is 1.59. The van der Waals surface area contributed by atoms with E-state index in [9.17, 15) is 4.79 Å². The number of oxazole rings is 1. The Labute approximate surface area is 149 Å². The lowest BCUT2D eigenvalue weighted by Gasteiger charge is -2.31. The van der Waals surface area contributed by atoms with Crippen LogP contribution < -0.4 is 10.5 Å². The quantitative estimate of drug-likeness (QED) is 0.602. The zero-order valence-electron chi connectivity index (χ0n) is 14.2. The first kappa shape index (κ1) is 15.1. The van der Waals surface area contributed by atoms with Gasteiger partial charge in [0.1, 0.15) is 5.52 Å². The van der Waals surface area contributed by atoms with Crippen molar-refractivity contribution >= 4 is 28.0 Å². The summed E-state index contributed by atoms with van der Waals surface area (Å²) in [7, 11) is 0. The third-order valence-electron chi connectivity index (χ3n) is 4.98. The monoisotopic (exact) mass is 346 g/mol. The lowest BCUT2D eigenvalue weighted by atomic mass is 9.98. The molecule has 4 aromatic rings. The zero-order valence-corrected chi connectivity index (χ0v) is 14.2. The number of rotatable bonds is 2. The number of fused-ring (bicyclic) bond motifs is 2. The van der Waals surface area contributed by atoms with Gasteiger partial charge in [-0.3, -0.25) is 9.78 Å². The maximum Gasteiger partial charge on any atom is 0.260 e. The zero-order chi connectivity index (χ0) is 17.5. The number of hydrogen-bond donors (Lipinski definition) is 1. The number of aromatic nitrogens is 3. The molecule has 6 nitrogen and oxygen atoms in total. The maximum atomic E-state index is 12.4. The van der Waals surface area contributed by atoms with Gasteiger partial charge < -0.3 is 9.32 Å². The number of para-hydroxylation sites is 3. The standard InChI is InChI=1S/C20H18N4O2/c25-18-14-7-1-2-8-15(14)22-20(23-18)24-11-5-6-13(12-24)19-21-16-9-3-4-10-17(16)26-19/h1-4,7-10,13H,5-6,11-12H2,(H,22,23,25). The first-order chi connectivity index (χ1) is 12.8. The van der Waals surface area contributed by atoms with Gasteiger partial charge in [-0.25, -0.2) is 9.97 Å². The third-order valence-corrected chi connectivity index (χ3v) is 4.98. The average Bonchev–Trinajstić information content (AvgIpc) is 3.12. The van der Waals surface area contributed by atoms with Crippen molar-refractivity contribution in [1.29, 1.82) is 0 Å². The Hall–Kier alpha value is -3.15. The highest BCUT2D eigenvalue weighted by molar-refractivity contribution is 5.78. The van der Waals surface area contributed by atoms with Gasteiger partial charge >= 0.3 is 0 Å². The van der Waals surface area contributed by atoms with Gasteiger partial charge in [-0.1, -0.05) is 24.3 Å². The van der Waals surface area contributed by atoms with Crippen LogP contribution in [0.2, 0.25) is 0 Å². The van der Waals surface area contributed by atoms with Gasteiger partial charge in [-0.05, 0) is 37.1 Å². The summed E-state index contributed by atoms with van der Waals surface area (Å²) >= 11 is 0. The molecule has 1 unspecified atom stereocenters. The minimum absolute atomic E-state index is 0.102. The van der Waals surface area contributed by atoms with Crippen molar-refractivity contribution in [2.45, 2.75) is 18.8 Å². The Morgan fingerprint density at radius 2 is 1.85 bits per heavy atom. The van der Waals surface area contributed by atoms with Crippen molar-refractivity contribution in [3.05, 3.63) is 64.8 Å². The lowest BCUT2D eigenvalue weighted by Crippen LogP contribution is -2.36. The molecule has 1 atom stereocenters. The Balaban J connectivity index is 1.48. The van der Waals surface area contributed by atoms with Crippen molar-refractivity contribution in [2.24, 2.45) is 0 Å². The van der Waals surface area contributed by atoms with E-state index in [0.717, 1.165) is 48.4 Å². The van der Waals surface area contributed by atoms with Crippen LogP contribution in [0, 0.1) is 0 Å². The number of nitrogens with one attached hydrogen (secondary N) is 1. The SMILES string of the molecule is O=c1[nH]c(N2CCCC(c3nc4ccccc4o3)C2)nc2ccccc12. The second kappa shape index (κ2) is 5.98. The fourth-order valence-electron chi connectivity index (χ4n) is 3.66. The van der Waals surface area contributed by atoms with E-state index in [-0.39, 0.29) is 11.5 Å². The van der Waals surface area contributed by atoms with E-state index in [1.165, 1.54) is 0 Å². The summed E-state index contributed by atoms with van der Waals surface area (Å²) in [5.41, 5.74) is 2.32.